The fourth-order valence-electron chi connectivity index (χ4n) is 2.81. The molecule has 0 amide bonds. The summed E-state index contributed by atoms with van der Waals surface area (Å²) in [5.74, 6) is 0. The Morgan fingerprint density at radius 3 is 0.758 bits per heavy atom. The van der Waals surface area contributed by atoms with Crippen molar-refractivity contribution in [1.29, 1.82) is 0 Å². The molecule has 16 nitrogen and oxygen atoms in total. The summed E-state index contributed by atoms with van der Waals surface area (Å²) >= 11 is 0. The molecule has 0 aliphatic rings. The van der Waals surface area contributed by atoms with Gasteiger partial charge in [0, 0.05) is 45.8 Å². The Morgan fingerprint density at radius 2 is 0.515 bits per heavy atom. The summed E-state index contributed by atoms with van der Waals surface area (Å²) in [6.07, 6.45) is 0. The van der Waals surface area contributed by atoms with Crippen molar-refractivity contribution in [3.63, 3.8) is 0 Å². The van der Waals surface area contributed by atoms with Gasteiger partial charge in [0.2, 0.25) is 0 Å². The molecule has 0 bridgehead atoms. The third-order valence-electron chi connectivity index (χ3n) is 2.77. The van der Waals surface area contributed by atoms with Gasteiger partial charge >= 0.3 is 70.2 Å². The zero-order valence-electron chi connectivity index (χ0n) is 19.9. The van der Waals surface area contributed by atoms with Gasteiger partial charge in [0.25, 0.3) is 0 Å². The fourth-order valence-corrected chi connectivity index (χ4v) is 27.5. The summed E-state index contributed by atoms with van der Waals surface area (Å²) in [4.78, 5) is 89.8. The van der Waals surface area contributed by atoms with Crippen molar-refractivity contribution in [3.05, 3.63) is 0 Å². The molecule has 5 atom stereocenters. The lowest BCUT2D eigenvalue weighted by Crippen LogP contribution is -2.65. The summed E-state index contributed by atoms with van der Waals surface area (Å²) in [7, 11) is -33.3. The van der Waals surface area contributed by atoms with Gasteiger partial charge in [-0.05, 0) is 13.1 Å². The molecule has 33 heavy (non-hydrogen) atoms. The summed E-state index contributed by atoms with van der Waals surface area (Å²) < 4.78 is 35.6. The number of hydrogen-bond donors (Lipinski definition) is 9. The lowest BCUT2D eigenvalue weighted by Gasteiger charge is -2.38. The molecule has 5 unspecified atom stereocenters. The van der Waals surface area contributed by atoms with Crippen LogP contribution in [0.3, 0.4) is 0 Å². The van der Waals surface area contributed by atoms with Crippen molar-refractivity contribution >= 4 is 70.2 Å². The van der Waals surface area contributed by atoms with E-state index in [1.165, 1.54) is 13.1 Å². The van der Waals surface area contributed by atoms with Crippen LogP contribution in [-0.2, 0) is 28.8 Å². The molecule has 0 fully saturated rings. The molecule has 0 aliphatic heterocycles. The van der Waals surface area contributed by atoms with Gasteiger partial charge in [0.15, 0.2) is 0 Å². The molecule has 0 saturated carbocycles. The quantitative estimate of drug-likeness (QED) is 0.0859. The van der Waals surface area contributed by atoms with Crippen molar-refractivity contribution < 1.29 is 72.0 Å². The SMILES string of the molecule is C[Si](O)(O)O[Si](C)(C)O[Si](C)(O)O[Si](C)(O)O[Si](C)(O)O[Si](C)(O)O[Si](C)(O)O[Si](C)(O)O. The van der Waals surface area contributed by atoms with E-state index in [9.17, 15) is 43.2 Å². The normalized spacial score (nSPS) is 23.1. The molecule has 200 valence electrons. The lowest BCUT2D eigenvalue weighted by molar-refractivity contribution is 0.104. The molecule has 0 aromatic rings. The predicted molar refractivity (Wildman–Crippen MR) is 126 cm³/mol. The minimum Gasteiger partial charge on any atom is -0.394 e. The van der Waals surface area contributed by atoms with E-state index in [0.29, 0.717) is 0 Å². The standard InChI is InChI=1S/C9H36O16Si8/c1-26(2,19-27(3,10)11)20-29(5,14)22-31(7,16)24-33(9,18)25-32(8,17)23-30(6,15)21-28(4,12)13/h10-18H,1-9H3. The van der Waals surface area contributed by atoms with Crippen LogP contribution in [0.2, 0.25) is 58.9 Å². The van der Waals surface area contributed by atoms with Gasteiger partial charge in [-0.25, -0.2) is 0 Å². The van der Waals surface area contributed by atoms with Gasteiger partial charge in [-0.15, -0.1) is 0 Å². The van der Waals surface area contributed by atoms with E-state index in [2.05, 4.69) is 4.12 Å². The molecule has 0 aromatic carbocycles. The molecule has 24 heteroatoms. The first-order valence-corrected chi connectivity index (χ1v) is 28.1. The molecule has 0 aromatic heterocycles. The Morgan fingerprint density at radius 1 is 0.303 bits per heavy atom. The van der Waals surface area contributed by atoms with Crippen LogP contribution in [0.25, 0.3) is 0 Å². The van der Waals surface area contributed by atoms with Crippen LogP contribution in [0, 0.1) is 0 Å². The van der Waals surface area contributed by atoms with E-state index < -0.39 is 70.2 Å². The molecule has 0 rings (SSSR count). The van der Waals surface area contributed by atoms with Crippen molar-refractivity contribution in [2.75, 3.05) is 0 Å². The highest BCUT2D eigenvalue weighted by Gasteiger charge is 2.56. The molecule has 0 aliphatic carbocycles. The van der Waals surface area contributed by atoms with Crippen molar-refractivity contribution in [3.8, 4) is 0 Å². The molecular weight excluding hydrogens is 589 g/mol. The maximum atomic E-state index is 10.5. The van der Waals surface area contributed by atoms with Gasteiger partial charge in [-0.3, -0.25) is 0 Å². The topological polar surface area (TPSA) is 247 Å². The summed E-state index contributed by atoms with van der Waals surface area (Å²) in [5, 5.41) is 0. The van der Waals surface area contributed by atoms with Gasteiger partial charge in [0.05, 0.1) is 0 Å². The van der Waals surface area contributed by atoms with Crippen molar-refractivity contribution in [1.82, 2.24) is 0 Å². The van der Waals surface area contributed by atoms with Crippen LogP contribution < -0.4 is 0 Å². The highest BCUT2D eigenvalue weighted by Crippen LogP contribution is 2.24. The molecule has 9 N–H and O–H groups in total. The van der Waals surface area contributed by atoms with Crippen LogP contribution in [0.1, 0.15) is 0 Å². The number of hydrogen-bond acceptors (Lipinski definition) is 16. The largest absolute Gasteiger partial charge is 0.484 e. The summed E-state index contributed by atoms with van der Waals surface area (Å²) in [5.41, 5.74) is 0. The molecule has 0 radical (unpaired) electrons. The smallest absolute Gasteiger partial charge is 0.394 e. The van der Waals surface area contributed by atoms with Crippen LogP contribution in [0.15, 0.2) is 0 Å². The van der Waals surface area contributed by atoms with Crippen molar-refractivity contribution in [2.45, 2.75) is 58.9 Å². The second kappa shape index (κ2) is 10.8. The zero-order chi connectivity index (χ0) is 26.9. The second-order valence-electron chi connectivity index (χ2n) is 8.47. The van der Waals surface area contributed by atoms with E-state index in [1.54, 1.807) is 0 Å². The first-order valence-electron chi connectivity index (χ1n) is 9.37. The monoisotopic (exact) mass is 624 g/mol. The van der Waals surface area contributed by atoms with E-state index in [4.69, 9.17) is 24.7 Å². The predicted octanol–water partition coefficient (Wildman–Crippen LogP) is -3.28. The molecule has 0 spiro atoms. The molecule has 0 saturated heterocycles. The first kappa shape index (κ1) is 34.1. The van der Waals surface area contributed by atoms with Gasteiger partial charge in [-0.1, -0.05) is 0 Å². The van der Waals surface area contributed by atoms with Crippen molar-refractivity contribution in [2.24, 2.45) is 0 Å². The van der Waals surface area contributed by atoms with Crippen LogP contribution in [0.5, 0.6) is 0 Å². The number of rotatable bonds is 14. The second-order valence-corrected chi connectivity index (χ2v) is 29.7. The molecular formula is C9H36O16Si8. The average molecular weight is 625 g/mol. The van der Waals surface area contributed by atoms with E-state index in [-0.39, 0.29) is 0 Å². The maximum absolute atomic E-state index is 10.5. The van der Waals surface area contributed by atoms with E-state index >= 15 is 0 Å². The highest BCUT2D eigenvalue weighted by molar-refractivity contribution is 6.86. The van der Waals surface area contributed by atoms with Gasteiger partial charge in [0.1, 0.15) is 0 Å². The Bertz CT molecular complexity index is 589. The van der Waals surface area contributed by atoms with Crippen LogP contribution >= 0.6 is 0 Å². The van der Waals surface area contributed by atoms with Crippen LogP contribution in [0.4, 0.5) is 0 Å². The minimum absolute atomic E-state index is 0.930. The van der Waals surface area contributed by atoms with Crippen LogP contribution in [-0.4, -0.2) is 113 Å². The summed E-state index contributed by atoms with van der Waals surface area (Å²) in [6, 6.07) is 0. The molecule has 0 heterocycles. The van der Waals surface area contributed by atoms with Gasteiger partial charge < -0.3 is 72.0 Å². The Kier molecular flexibility index (Phi) is 11.2. The highest BCUT2D eigenvalue weighted by atomic mass is 28.5. The first-order chi connectivity index (χ1) is 13.9. The Balaban J connectivity index is 5.27. The summed E-state index contributed by atoms with van der Waals surface area (Å²) in [6.45, 7) is 9.91. The maximum Gasteiger partial charge on any atom is 0.484 e. The minimum atomic E-state index is -4.45. The zero-order valence-corrected chi connectivity index (χ0v) is 27.9. The van der Waals surface area contributed by atoms with E-state index in [1.807, 2.05) is 0 Å². The van der Waals surface area contributed by atoms with Gasteiger partial charge in [-0.2, -0.15) is 0 Å². The third kappa shape index (κ3) is 17.2. The Hall–Kier alpha value is 1.10. The van der Waals surface area contributed by atoms with E-state index in [0.717, 1.165) is 45.8 Å². The Labute approximate surface area is 200 Å². The fraction of sp³-hybridized carbons (Fsp3) is 1.00. The average Bonchev–Trinajstić information content (AvgIpc) is 2.20. The third-order valence-corrected chi connectivity index (χ3v) is 24.9. The lowest BCUT2D eigenvalue weighted by atomic mass is 11.9.